The maximum Gasteiger partial charge on any atom is 0.434 e. The second-order valence-electron chi connectivity index (χ2n) is 4.57. The molecule has 0 atom stereocenters. The van der Waals surface area contributed by atoms with Gasteiger partial charge in [0.2, 0.25) is 5.91 Å². The average Bonchev–Trinajstić information content (AvgIpc) is 2.48. The molecule has 0 fully saturated rings. The third kappa shape index (κ3) is 4.29. The minimum Gasteiger partial charge on any atom is -0.423 e. The van der Waals surface area contributed by atoms with Gasteiger partial charge in [-0.05, 0) is 29.8 Å². The number of nitrogens with two attached hydrogens (primary N) is 1. The van der Waals surface area contributed by atoms with Crippen molar-refractivity contribution in [2.75, 3.05) is 0 Å². The monoisotopic (exact) mass is 324 g/mol. The Hall–Kier alpha value is -2.90. The molecule has 0 unspecified atom stereocenters. The SMILES string of the molecule is NC(=O)Cc1ccc(OC(=O)c2cccnc2C(F)(F)F)cc1. The van der Waals surface area contributed by atoms with Crippen LogP contribution in [0.2, 0.25) is 0 Å². The van der Waals surface area contributed by atoms with Gasteiger partial charge in [0, 0.05) is 6.20 Å². The van der Waals surface area contributed by atoms with E-state index >= 15 is 0 Å². The highest BCUT2D eigenvalue weighted by Crippen LogP contribution is 2.30. The number of carbonyl (C=O) groups is 2. The normalized spacial score (nSPS) is 11.1. The fourth-order valence-corrected chi connectivity index (χ4v) is 1.83. The van der Waals surface area contributed by atoms with E-state index in [9.17, 15) is 22.8 Å². The minimum atomic E-state index is -4.76. The fraction of sp³-hybridized carbons (Fsp3) is 0.133. The Morgan fingerprint density at radius 3 is 2.35 bits per heavy atom. The van der Waals surface area contributed by atoms with Crippen LogP contribution in [0, 0.1) is 0 Å². The highest BCUT2D eigenvalue weighted by atomic mass is 19.4. The summed E-state index contributed by atoms with van der Waals surface area (Å²) in [6, 6.07) is 7.89. The van der Waals surface area contributed by atoms with Gasteiger partial charge >= 0.3 is 12.1 Å². The fourth-order valence-electron chi connectivity index (χ4n) is 1.83. The molecule has 0 radical (unpaired) electrons. The average molecular weight is 324 g/mol. The van der Waals surface area contributed by atoms with Crippen LogP contribution in [-0.2, 0) is 17.4 Å². The lowest BCUT2D eigenvalue weighted by molar-refractivity contribution is -0.141. The van der Waals surface area contributed by atoms with E-state index in [1.165, 1.54) is 30.3 Å². The first-order valence-corrected chi connectivity index (χ1v) is 6.39. The van der Waals surface area contributed by atoms with Gasteiger partial charge in [-0.25, -0.2) is 4.79 Å². The first-order valence-electron chi connectivity index (χ1n) is 6.39. The van der Waals surface area contributed by atoms with Crippen LogP contribution in [-0.4, -0.2) is 16.9 Å². The number of nitrogens with zero attached hydrogens (tertiary/aromatic N) is 1. The van der Waals surface area contributed by atoms with Gasteiger partial charge in [-0.1, -0.05) is 12.1 Å². The number of hydrogen-bond donors (Lipinski definition) is 1. The molecule has 23 heavy (non-hydrogen) atoms. The summed E-state index contributed by atoms with van der Waals surface area (Å²) in [5, 5.41) is 0. The standard InChI is InChI=1S/C15H11F3N2O3/c16-15(17,18)13-11(2-1-7-20-13)14(22)23-10-5-3-9(4-6-10)8-12(19)21/h1-7H,8H2,(H2,19,21). The van der Waals surface area contributed by atoms with Crippen molar-refractivity contribution in [3.63, 3.8) is 0 Å². The lowest BCUT2D eigenvalue weighted by atomic mass is 10.1. The van der Waals surface area contributed by atoms with Crippen molar-refractivity contribution in [3.8, 4) is 5.75 Å². The zero-order valence-corrected chi connectivity index (χ0v) is 11.6. The van der Waals surface area contributed by atoms with Crippen LogP contribution in [0.5, 0.6) is 5.75 Å². The highest BCUT2D eigenvalue weighted by Gasteiger charge is 2.37. The van der Waals surface area contributed by atoms with Crippen molar-refractivity contribution in [2.45, 2.75) is 12.6 Å². The summed E-state index contributed by atoms with van der Waals surface area (Å²) < 4.78 is 43.3. The molecule has 2 aromatic rings. The van der Waals surface area contributed by atoms with Crippen molar-refractivity contribution in [1.29, 1.82) is 0 Å². The van der Waals surface area contributed by atoms with Crippen molar-refractivity contribution in [3.05, 3.63) is 59.4 Å². The summed E-state index contributed by atoms with van der Waals surface area (Å²) >= 11 is 0. The van der Waals surface area contributed by atoms with E-state index in [1.807, 2.05) is 0 Å². The molecule has 2 rings (SSSR count). The first kappa shape index (κ1) is 16.5. The molecule has 1 heterocycles. The van der Waals surface area contributed by atoms with Gasteiger partial charge in [0.1, 0.15) is 5.75 Å². The summed E-state index contributed by atoms with van der Waals surface area (Å²) in [4.78, 5) is 25.9. The number of amides is 1. The van der Waals surface area contributed by atoms with Crippen LogP contribution in [0.3, 0.4) is 0 Å². The number of ether oxygens (including phenoxy) is 1. The van der Waals surface area contributed by atoms with Crippen molar-refractivity contribution in [2.24, 2.45) is 5.73 Å². The van der Waals surface area contributed by atoms with Crippen molar-refractivity contribution in [1.82, 2.24) is 4.98 Å². The number of primary amides is 1. The topological polar surface area (TPSA) is 82.3 Å². The maximum absolute atomic E-state index is 12.8. The number of carbonyl (C=O) groups excluding carboxylic acids is 2. The third-order valence-corrected chi connectivity index (χ3v) is 2.81. The molecule has 1 aromatic heterocycles. The molecule has 0 aliphatic carbocycles. The number of pyridine rings is 1. The lowest BCUT2D eigenvalue weighted by Crippen LogP contribution is -2.18. The smallest absolute Gasteiger partial charge is 0.423 e. The van der Waals surface area contributed by atoms with E-state index in [0.29, 0.717) is 5.56 Å². The Labute approximate surface area is 128 Å². The summed E-state index contributed by atoms with van der Waals surface area (Å²) in [6.07, 6.45) is -3.81. The number of hydrogen-bond acceptors (Lipinski definition) is 4. The maximum atomic E-state index is 12.8. The van der Waals surface area contributed by atoms with Crippen LogP contribution in [0.15, 0.2) is 42.6 Å². The molecular formula is C15H11F3N2O3. The first-order chi connectivity index (χ1) is 10.8. The second-order valence-corrected chi connectivity index (χ2v) is 4.57. The molecule has 2 N–H and O–H groups in total. The summed E-state index contributed by atoms with van der Waals surface area (Å²) in [7, 11) is 0. The molecule has 5 nitrogen and oxygen atoms in total. The van der Waals surface area contributed by atoms with Gasteiger partial charge in [-0.3, -0.25) is 9.78 Å². The van der Waals surface area contributed by atoms with Crippen molar-refractivity contribution < 1.29 is 27.5 Å². The predicted molar refractivity (Wildman–Crippen MR) is 73.5 cm³/mol. The zero-order chi connectivity index (χ0) is 17.0. The quantitative estimate of drug-likeness (QED) is 0.691. The molecule has 0 aliphatic rings. The molecule has 1 amide bonds. The van der Waals surface area contributed by atoms with Gasteiger partial charge < -0.3 is 10.5 Å². The van der Waals surface area contributed by atoms with E-state index in [-0.39, 0.29) is 12.2 Å². The van der Waals surface area contributed by atoms with Gasteiger partial charge in [0.15, 0.2) is 5.69 Å². The van der Waals surface area contributed by atoms with Gasteiger partial charge in [-0.2, -0.15) is 13.2 Å². The molecule has 0 bridgehead atoms. The molecule has 0 saturated heterocycles. The van der Waals surface area contributed by atoms with E-state index in [0.717, 1.165) is 12.3 Å². The van der Waals surface area contributed by atoms with Crippen LogP contribution in [0.1, 0.15) is 21.6 Å². The highest BCUT2D eigenvalue weighted by molar-refractivity contribution is 5.92. The largest absolute Gasteiger partial charge is 0.434 e. The van der Waals surface area contributed by atoms with E-state index in [1.54, 1.807) is 0 Å². The third-order valence-electron chi connectivity index (χ3n) is 2.81. The summed E-state index contributed by atoms with van der Waals surface area (Å²) in [5.41, 5.74) is 3.64. The molecule has 1 aromatic carbocycles. The van der Waals surface area contributed by atoms with Crippen LogP contribution < -0.4 is 10.5 Å². The summed E-state index contributed by atoms with van der Waals surface area (Å²) in [5.74, 6) is -1.66. The van der Waals surface area contributed by atoms with Crippen LogP contribution in [0.4, 0.5) is 13.2 Å². The Morgan fingerprint density at radius 1 is 1.13 bits per heavy atom. The van der Waals surface area contributed by atoms with E-state index < -0.39 is 29.3 Å². The molecule has 0 saturated carbocycles. The van der Waals surface area contributed by atoms with Gasteiger partial charge in [0.25, 0.3) is 0 Å². The van der Waals surface area contributed by atoms with Gasteiger partial charge in [-0.15, -0.1) is 0 Å². The Kier molecular flexibility index (Phi) is 4.63. The van der Waals surface area contributed by atoms with E-state index in [2.05, 4.69) is 4.98 Å². The number of esters is 1. The zero-order valence-electron chi connectivity index (χ0n) is 11.6. The van der Waals surface area contributed by atoms with Gasteiger partial charge in [0.05, 0.1) is 12.0 Å². The summed E-state index contributed by atoms with van der Waals surface area (Å²) in [6.45, 7) is 0. The van der Waals surface area contributed by atoms with Crippen molar-refractivity contribution >= 4 is 11.9 Å². The second kappa shape index (κ2) is 6.47. The Bertz CT molecular complexity index is 727. The Balaban J connectivity index is 2.18. The molecular weight excluding hydrogens is 313 g/mol. The number of benzene rings is 1. The number of halogens is 3. The molecule has 8 heteroatoms. The molecule has 0 aliphatic heterocycles. The Morgan fingerprint density at radius 2 is 1.78 bits per heavy atom. The van der Waals surface area contributed by atoms with Crippen LogP contribution >= 0.6 is 0 Å². The number of alkyl halides is 3. The van der Waals surface area contributed by atoms with E-state index in [4.69, 9.17) is 10.5 Å². The number of rotatable bonds is 4. The predicted octanol–water partition coefficient (Wildman–Crippen LogP) is 2.35. The lowest BCUT2D eigenvalue weighted by Gasteiger charge is -2.11. The minimum absolute atomic E-state index is 0.00898. The van der Waals surface area contributed by atoms with Crippen LogP contribution in [0.25, 0.3) is 0 Å². The molecule has 120 valence electrons. The molecule has 0 spiro atoms. The number of aromatic nitrogens is 1.